The molecular formula is C24H44N4O3. The van der Waals surface area contributed by atoms with Crippen LogP contribution in [0.1, 0.15) is 26.3 Å². The lowest BCUT2D eigenvalue weighted by Gasteiger charge is -2.34. The Kier molecular flexibility index (Phi) is 10.5. The highest BCUT2D eigenvalue weighted by Gasteiger charge is 2.20. The number of hydrogen-bond donors (Lipinski definition) is 2. The van der Waals surface area contributed by atoms with E-state index < -0.39 is 6.10 Å². The Hall–Kier alpha value is -1.38. The fraction of sp³-hybridized carbons (Fsp3) is 0.750. The number of aliphatic hydroxyl groups is 1. The van der Waals surface area contributed by atoms with E-state index in [1.807, 2.05) is 12.1 Å². The van der Waals surface area contributed by atoms with Gasteiger partial charge in [0.25, 0.3) is 0 Å². The average molecular weight is 437 g/mol. The van der Waals surface area contributed by atoms with Gasteiger partial charge in [0.05, 0.1) is 7.11 Å². The van der Waals surface area contributed by atoms with Crippen molar-refractivity contribution in [1.29, 1.82) is 0 Å². The van der Waals surface area contributed by atoms with Gasteiger partial charge in [-0.15, -0.1) is 0 Å². The Balaban J connectivity index is 1.79. The van der Waals surface area contributed by atoms with E-state index in [0.29, 0.717) is 18.0 Å². The van der Waals surface area contributed by atoms with E-state index in [1.165, 1.54) is 0 Å². The third-order valence-corrected chi connectivity index (χ3v) is 5.72. The van der Waals surface area contributed by atoms with Gasteiger partial charge in [0.1, 0.15) is 12.7 Å². The molecule has 31 heavy (non-hydrogen) atoms. The van der Waals surface area contributed by atoms with Gasteiger partial charge in [-0.1, -0.05) is 26.8 Å². The first-order valence-corrected chi connectivity index (χ1v) is 11.5. The van der Waals surface area contributed by atoms with Crippen molar-refractivity contribution in [2.45, 2.75) is 33.4 Å². The maximum absolute atomic E-state index is 10.4. The van der Waals surface area contributed by atoms with Crippen LogP contribution in [-0.2, 0) is 6.54 Å². The van der Waals surface area contributed by atoms with E-state index in [9.17, 15) is 5.11 Å². The summed E-state index contributed by atoms with van der Waals surface area (Å²) >= 11 is 0. The maximum atomic E-state index is 10.4. The van der Waals surface area contributed by atoms with E-state index >= 15 is 0 Å². The summed E-state index contributed by atoms with van der Waals surface area (Å²) in [6.07, 6.45) is -0.516. The van der Waals surface area contributed by atoms with Crippen LogP contribution in [0.4, 0.5) is 0 Å². The molecule has 1 saturated heterocycles. The van der Waals surface area contributed by atoms with E-state index in [1.54, 1.807) is 7.11 Å². The molecule has 0 aromatic heterocycles. The average Bonchev–Trinajstić information content (AvgIpc) is 2.72. The van der Waals surface area contributed by atoms with Crippen LogP contribution in [0.5, 0.6) is 11.5 Å². The van der Waals surface area contributed by atoms with E-state index in [4.69, 9.17) is 9.47 Å². The summed E-state index contributed by atoms with van der Waals surface area (Å²) < 4.78 is 11.4. The molecule has 0 spiro atoms. The molecule has 7 heteroatoms. The molecule has 1 aromatic carbocycles. The second kappa shape index (κ2) is 12.6. The minimum Gasteiger partial charge on any atom is -0.493 e. The second-order valence-electron chi connectivity index (χ2n) is 9.69. The van der Waals surface area contributed by atoms with Gasteiger partial charge in [-0.25, -0.2) is 0 Å². The van der Waals surface area contributed by atoms with Crippen molar-refractivity contribution in [3.05, 3.63) is 23.8 Å². The quantitative estimate of drug-likeness (QED) is 0.489. The predicted octanol–water partition coefficient (Wildman–Crippen LogP) is 1.75. The van der Waals surface area contributed by atoms with Gasteiger partial charge >= 0.3 is 0 Å². The summed E-state index contributed by atoms with van der Waals surface area (Å²) in [5.41, 5.74) is 1.36. The lowest BCUT2D eigenvalue weighted by molar-refractivity contribution is 0.0464. The van der Waals surface area contributed by atoms with Gasteiger partial charge in [-0.2, -0.15) is 0 Å². The second-order valence-corrected chi connectivity index (χ2v) is 9.69. The highest BCUT2D eigenvalue weighted by molar-refractivity contribution is 5.43. The highest BCUT2D eigenvalue weighted by Crippen LogP contribution is 2.28. The Labute approximate surface area is 189 Å². The molecule has 0 amide bonds. The number of hydrogen-bond acceptors (Lipinski definition) is 7. The first-order valence-electron chi connectivity index (χ1n) is 11.5. The van der Waals surface area contributed by atoms with Crippen molar-refractivity contribution in [2.24, 2.45) is 5.41 Å². The summed E-state index contributed by atoms with van der Waals surface area (Å²) in [5, 5.41) is 14.0. The van der Waals surface area contributed by atoms with Gasteiger partial charge in [-0.3, -0.25) is 4.90 Å². The zero-order valence-corrected chi connectivity index (χ0v) is 20.5. The van der Waals surface area contributed by atoms with Crippen molar-refractivity contribution in [2.75, 3.05) is 80.2 Å². The van der Waals surface area contributed by atoms with Gasteiger partial charge in [0, 0.05) is 52.4 Å². The van der Waals surface area contributed by atoms with Crippen molar-refractivity contribution in [3.63, 3.8) is 0 Å². The van der Waals surface area contributed by atoms with E-state index in [2.05, 4.69) is 60.9 Å². The predicted molar refractivity (Wildman–Crippen MR) is 127 cm³/mol. The van der Waals surface area contributed by atoms with Crippen LogP contribution < -0.4 is 14.8 Å². The van der Waals surface area contributed by atoms with Gasteiger partial charge in [-0.05, 0) is 43.8 Å². The number of β-amino-alcohol motifs (C(OH)–C–C–N with tert-alkyl or cyclic N) is 1. The number of piperazine rings is 1. The molecule has 0 bridgehead atoms. The van der Waals surface area contributed by atoms with Crippen LogP contribution in [0.3, 0.4) is 0 Å². The fourth-order valence-electron chi connectivity index (χ4n) is 4.22. The van der Waals surface area contributed by atoms with Crippen molar-refractivity contribution < 1.29 is 14.6 Å². The highest BCUT2D eigenvalue weighted by atomic mass is 16.5. The Bertz CT molecular complexity index is 646. The molecule has 1 aromatic rings. The largest absolute Gasteiger partial charge is 0.493 e. The van der Waals surface area contributed by atoms with E-state index in [0.717, 1.165) is 57.9 Å². The van der Waals surface area contributed by atoms with E-state index in [-0.39, 0.29) is 12.0 Å². The van der Waals surface area contributed by atoms with Gasteiger partial charge in [0.2, 0.25) is 0 Å². The number of benzene rings is 1. The smallest absolute Gasteiger partial charge is 0.161 e. The number of rotatable bonds is 13. The normalized spacial score (nSPS) is 17.2. The molecule has 1 fully saturated rings. The summed E-state index contributed by atoms with van der Waals surface area (Å²) in [6.45, 7) is 15.6. The number of nitrogens with one attached hydrogen (secondary N) is 1. The number of likely N-dealkylation sites (N-methyl/N-ethyl adjacent to an activating group) is 1. The van der Waals surface area contributed by atoms with Crippen LogP contribution in [0.2, 0.25) is 0 Å². The lowest BCUT2D eigenvalue weighted by Crippen LogP contribution is -2.49. The Morgan fingerprint density at radius 2 is 1.81 bits per heavy atom. The van der Waals surface area contributed by atoms with Gasteiger partial charge in [0.15, 0.2) is 11.5 Å². The fourth-order valence-corrected chi connectivity index (χ4v) is 4.22. The topological polar surface area (TPSA) is 60.4 Å². The van der Waals surface area contributed by atoms with Crippen LogP contribution >= 0.6 is 0 Å². The molecule has 2 rings (SSSR count). The van der Waals surface area contributed by atoms with Crippen molar-refractivity contribution >= 4 is 0 Å². The first kappa shape index (κ1) is 25.9. The van der Waals surface area contributed by atoms with Crippen LogP contribution in [-0.4, -0.2) is 106 Å². The summed E-state index contributed by atoms with van der Waals surface area (Å²) in [6, 6.07) is 6.01. The number of aliphatic hydroxyl groups excluding tert-OH is 1. The number of ether oxygens (including phenoxy) is 2. The summed E-state index contributed by atoms with van der Waals surface area (Å²) in [5.74, 6) is 1.38. The molecule has 0 aliphatic carbocycles. The zero-order chi connectivity index (χ0) is 22.9. The molecule has 2 N–H and O–H groups in total. The van der Waals surface area contributed by atoms with Crippen molar-refractivity contribution in [1.82, 2.24) is 20.0 Å². The summed E-state index contributed by atoms with van der Waals surface area (Å²) in [4.78, 5) is 6.96. The van der Waals surface area contributed by atoms with Crippen LogP contribution in [0.25, 0.3) is 0 Å². The molecule has 1 unspecified atom stereocenters. The standard InChI is InChI=1S/C24H44N4O3/c1-7-27-10-12-28(13-11-27)16-21(29)17-31-22-9-8-20(14-23(22)30-6)15-25-18-24(2,3)19-26(4)5/h8-9,14,21,25,29H,7,10-13,15-19H2,1-6H3. The number of nitrogens with zero attached hydrogens (tertiary/aromatic N) is 3. The van der Waals surface area contributed by atoms with Crippen LogP contribution in [0.15, 0.2) is 18.2 Å². The molecule has 0 radical (unpaired) electrons. The first-order chi connectivity index (χ1) is 14.7. The third-order valence-electron chi connectivity index (χ3n) is 5.72. The minimum absolute atomic E-state index is 0.204. The molecule has 1 atom stereocenters. The molecular weight excluding hydrogens is 392 g/mol. The monoisotopic (exact) mass is 436 g/mol. The molecule has 7 nitrogen and oxygen atoms in total. The van der Waals surface area contributed by atoms with Gasteiger partial charge < -0.3 is 29.7 Å². The molecule has 0 saturated carbocycles. The SMILES string of the molecule is CCN1CCN(CC(O)COc2ccc(CNCC(C)(C)CN(C)C)cc2OC)CC1. The lowest BCUT2D eigenvalue weighted by atomic mass is 9.93. The van der Waals surface area contributed by atoms with Crippen LogP contribution in [0, 0.1) is 5.41 Å². The number of methoxy groups -OCH3 is 1. The molecule has 1 heterocycles. The zero-order valence-electron chi connectivity index (χ0n) is 20.5. The molecule has 1 aliphatic heterocycles. The third kappa shape index (κ3) is 9.33. The minimum atomic E-state index is -0.516. The molecule has 178 valence electrons. The molecule has 1 aliphatic rings. The Morgan fingerprint density at radius 3 is 2.42 bits per heavy atom. The summed E-state index contributed by atoms with van der Waals surface area (Å²) in [7, 11) is 5.87. The Morgan fingerprint density at radius 1 is 1.13 bits per heavy atom. The maximum Gasteiger partial charge on any atom is 0.161 e. The van der Waals surface area contributed by atoms with Crippen molar-refractivity contribution in [3.8, 4) is 11.5 Å².